The first-order chi connectivity index (χ1) is 17.7. The van der Waals surface area contributed by atoms with Crippen LogP contribution < -0.4 is 10.6 Å². The maximum Gasteiger partial charge on any atom is 0.251 e. The fourth-order valence-corrected chi connectivity index (χ4v) is 4.55. The van der Waals surface area contributed by atoms with E-state index in [2.05, 4.69) is 41.6 Å². The molecule has 0 spiro atoms. The van der Waals surface area contributed by atoms with E-state index in [0.29, 0.717) is 16.5 Å². The summed E-state index contributed by atoms with van der Waals surface area (Å²) in [5, 5.41) is 15.1. The molecule has 2 amide bonds. The Hall–Kier alpha value is -3.91. The number of benzene rings is 3. The first-order valence-electron chi connectivity index (χ1n) is 12.1. The summed E-state index contributed by atoms with van der Waals surface area (Å²) in [6.07, 6.45) is 0. The van der Waals surface area contributed by atoms with Gasteiger partial charge < -0.3 is 10.6 Å². The number of para-hydroxylation sites is 1. The molecular weight excluding hydrogens is 482 g/mol. The van der Waals surface area contributed by atoms with E-state index in [1.54, 1.807) is 0 Å². The quantitative estimate of drug-likeness (QED) is 0.302. The van der Waals surface area contributed by atoms with E-state index in [-0.39, 0.29) is 29.5 Å². The molecule has 4 rings (SSSR count). The van der Waals surface area contributed by atoms with Crippen LogP contribution in [0.1, 0.15) is 48.1 Å². The fraction of sp³-hybridized carbons (Fsp3) is 0.241. The molecule has 0 fully saturated rings. The van der Waals surface area contributed by atoms with Crippen molar-refractivity contribution in [1.82, 2.24) is 20.1 Å². The molecule has 2 N–H and O–H groups in total. The highest BCUT2D eigenvalue weighted by Crippen LogP contribution is 2.24. The van der Waals surface area contributed by atoms with Gasteiger partial charge in [0.05, 0.1) is 12.3 Å². The Morgan fingerprint density at radius 1 is 0.919 bits per heavy atom. The minimum absolute atomic E-state index is 0.0200. The minimum Gasteiger partial charge on any atom is -0.345 e. The number of nitrogens with zero attached hydrogens (tertiary/aromatic N) is 3. The van der Waals surface area contributed by atoms with Gasteiger partial charge in [-0.2, -0.15) is 0 Å². The predicted molar refractivity (Wildman–Crippen MR) is 148 cm³/mol. The number of hydrogen-bond acceptors (Lipinski definition) is 5. The van der Waals surface area contributed by atoms with Crippen molar-refractivity contribution in [2.75, 3.05) is 11.1 Å². The summed E-state index contributed by atoms with van der Waals surface area (Å²) in [6.45, 7) is 8.59. The average molecular weight is 514 g/mol. The van der Waals surface area contributed by atoms with Crippen LogP contribution in [-0.2, 0) is 16.8 Å². The van der Waals surface area contributed by atoms with Crippen LogP contribution in [0, 0.1) is 6.92 Å². The third-order valence-corrected chi connectivity index (χ3v) is 6.70. The number of nitrogens with one attached hydrogen (secondary N) is 2. The lowest BCUT2D eigenvalue weighted by atomic mass is 9.87. The van der Waals surface area contributed by atoms with E-state index >= 15 is 0 Å². The van der Waals surface area contributed by atoms with Gasteiger partial charge in [0.1, 0.15) is 0 Å². The van der Waals surface area contributed by atoms with Crippen LogP contribution >= 0.6 is 11.8 Å². The second kappa shape index (κ2) is 11.4. The Balaban J connectivity index is 1.46. The number of carbonyl (C=O) groups excluding carboxylic acids is 2. The lowest BCUT2D eigenvalue weighted by Crippen LogP contribution is -2.25. The molecule has 7 nitrogen and oxygen atoms in total. The Morgan fingerprint density at radius 3 is 2.32 bits per heavy atom. The van der Waals surface area contributed by atoms with Crippen LogP contribution in [0.5, 0.6) is 0 Å². The predicted octanol–water partition coefficient (Wildman–Crippen LogP) is 5.53. The largest absolute Gasteiger partial charge is 0.345 e. The van der Waals surface area contributed by atoms with Crippen LogP contribution in [-0.4, -0.2) is 32.3 Å². The van der Waals surface area contributed by atoms with Crippen molar-refractivity contribution in [3.8, 4) is 5.69 Å². The molecule has 0 saturated heterocycles. The molecule has 190 valence electrons. The van der Waals surface area contributed by atoms with Gasteiger partial charge in [-0.05, 0) is 59.9 Å². The van der Waals surface area contributed by atoms with Gasteiger partial charge >= 0.3 is 0 Å². The standard InChI is InChI=1S/C29H31N5O2S/c1-20-9-8-10-23(17-20)31-26(35)19-37-28-33-32-25(34(28)24-11-6-5-7-12-24)18-30-27(36)21-13-15-22(16-14-21)29(2,3)4/h5-17H,18-19H2,1-4H3,(H,30,36)(H,31,35). The van der Waals surface area contributed by atoms with E-state index in [0.717, 1.165) is 16.9 Å². The van der Waals surface area contributed by atoms with E-state index in [1.807, 2.05) is 90.4 Å². The van der Waals surface area contributed by atoms with Gasteiger partial charge in [0.2, 0.25) is 5.91 Å². The zero-order valence-corrected chi connectivity index (χ0v) is 22.3. The van der Waals surface area contributed by atoms with Crippen molar-refractivity contribution in [2.45, 2.75) is 44.8 Å². The smallest absolute Gasteiger partial charge is 0.251 e. The number of rotatable bonds is 8. The topological polar surface area (TPSA) is 88.9 Å². The molecule has 8 heteroatoms. The monoisotopic (exact) mass is 513 g/mol. The molecule has 1 heterocycles. The third kappa shape index (κ3) is 6.86. The van der Waals surface area contributed by atoms with Gasteiger partial charge in [-0.15, -0.1) is 10.2 Å². The number of aromatic nitrogens is 3. The second-order valence-electron chi connectivity index (χ2n) is 9.79. The Morgan fingerprint density at radius 2 is 1.65 bits per heavy atom. The maximum absolute atomic E-state index is 12.8. The molecule has 0 atom stereocenters. The van der Waals surface area contributed by atoms with Crippen LogP contribution in [0.25, 0.3) is 5.69 Å². The highest BCUT2D eigenvalue weighted by atomic mass is 32.2. The van der Waals surface area contributed by atoms with Crippen molar-refractivity contribution in [3.05, 3.63) is 101 Å². The van der Waals surface area contributed by atoms with Crippen LogP contribution in [0.3, 0.4) is 0 Å². The third-order valence-electron chi connectivity index (χ3n) is 5.77. The number of thioether (sulfide) groups is 1. The van der Waals surface area contributed by atoms with E-state index in [9.17, 15) is 9.59 Å². The summed E-state index contributed by atoms with van der Waals surface area (Å²) in [5.74, 6) is 0.430. The highest BCUT2D eigenvalue weighted by molar-refractivity contribution is 7.99. The molecule has 0 aliphatic heterocycles. The van der Waals surface area contributed by atoms with Gasteiger partial charge in [0.25, 0.3) is 5.91 Å². The number of anilines is 1. The van der Waals surface area contributed by atoms with Gasteiger partial charge in [0.15, 0.2) is 11.0 Å². The molecule has 0 aliphatic carbocycles. The highest BCUT2D eigenvalue weighted by Gasteiger charge is 2.18. The first-order valence-corrected chi connectivity index (χ1v) is 13.1. The molecular formula is C29H31N5O2S. The molecule has 0 radical (unpaired) electrons. The summed E-state index contributed by atoms with van der Waals surface area (Å²) in [6, 6.07) is 25.0. The zero-order chi connectivity index (χ0) is 26.4. The van der Waals surface area contributed by atoms with Crippen molar-refractivity contribution < 1.29 is 9.59 Å². The van der Waals surface area contributed by atoms with Gasteiger partial charge in [-0.3, -0.25) is 14.2 Å². The van der Waals surface area contributed by atoms with Crippen LogP contribution in [0.2, 0.25) is 0 Å². The van der Waals surface area contributed by atoms with Crippen molar-refractivity contribution >= 4 is 29.3 Å². The summed E-state index contributed by atoms with van der Waals surface area (Å²) < 4.78 is 1.87. The maximum atomic E-state index is 12.8. The lowest BCUT2D eigenvalue weighted by molar-refractivity contribution is -0.113. The van der Waals surface area contributed by atoms with E-state index in [1.165, 1.54) is 17.3 Å². The van der Waals surface area contributed by atoms with Gasteiger partial charge in [-0.1, -0.05) is 75.0 Å². The van der Waals surface area contributed by atoms with Crippen molar-refractivity contribution in [3.63, 3.8) is 0 Å². The minimum atomic E-state index is -0.185. The number of carbonyl (C=O) groups is 2. The molecule has 0 saturated carbocycles. The van der Waals surface area contributed by atoms with E-state index in [4.69, 9.17) is 0 Å². The Bertz CT molecular complexity index is 1380. The Kier molecular flexibility index (Phi) is 8.08. The molecule has 3 aromatic carbocycles. The molecule has 0 aliphatic rings. The Labute approximate surface area is 221 Å². The zero-order valence-electron chi connectivity index (χ0n) is 21.5. The fourth-order valence-electron chi connectivity index (χ4n) is 3.78. The summed E-state index contributed by atoms with van der Waals surface area (Å²) in [5.41, 5.74) is 4.46. The second-order valence-corrected chi connectivity index (χ2v) is 10.7. The van der Waals surface area contributed by atoms with Gasteiger partial charge in [0, 0.05) is 16.9 Å². The number of amides is 2. The molecule has 4 aromatic rings. The average Bonchev–Trinajstić information content (AvgIpc) is 3.29. The first kappa shape index (κ1) is 26.2. The number of hydrogen-bond donors (Lipinski definition) is 2. The normalized spacial score (nSPS) is 11.2. The van der Waals surface area contributed by atoms with Crippen LogP contribution in [0.15, 0.2) is 84.0 Å². The molecule has 0 unspecified atom stereocenters. The van der Waals surface area contributed by atoms with Crippen LogP contribution in [0.4, 0.5) is 5.69 Å². The van der Waals surface area contributed by atoms with E-state index < -0.39 is 0 Å². The van der Waals surface area contributed by atoms with Crippen molar-refractivity contribution in [1.29, 1.82) is 0 Å². The SMILES string of the molecule is Cc1cccc(NC(=O)CSc2nnc(CNC(=O)c3ccc(C(C)(C)C)cc3)n2-c2ccccc2)c1. The van der Waals surface area contributed by atoms with Gasteiger partial charge in [-0.25, -0.2) is 0 Å². The summed E-state index contributed by atoms with van der Waals surface area (Å²) in [7, 11) is 0. The number of aryl methyl sites for hydroxylation is 1. The van der Waals surface area contributed by atoms with Crippen molar-refractivity contribution in [2.24, 2.45) is 0 Å². The lowest BCUT2D eigenvalue weighted by Gasteiger charge is -2.19. The molecule has 0 bridgehead atoms. The summed E-state index contributed by atoms with van der Waals surface area (Å²) >= 11 is 1.29. The molecule has 1 aromatic heterocycles. The molecule has 37 heavy (non-hydrogen) atoms. The summed E-state index contributed by atoms with van der Waals surface area (Å²) in [4.78, 5) is 25.4.